The molecular weight excluding hydrogens is 359 g/mol. The fourth-order valence-electron chi connectivity index (χ4n) is 3.64. The van der Waals surface area contributed by atoms with E-state index in [1.54, 1.807) is 12.1 Å². The first-order valence-corrected chi connectivity index (χ1v) is 9.95. The maximum absolute atomic E-state index is 13.9. The van der Waals surface area contributed by atoms with Crippen molar-refractivity contribution in [3.05, 3.63) is 41.2 Å². The Kier molecular flexibility index (Phi) is 7.68. The Bertz CT molecular complexity index is 700. The maximum atomic E-state index is 13.9. The van der Waals surface area contributed by atoms with Gasteiger partial charge < -0.3 is 19.7 Å². The summed E-state index contributed by atoms with van der Waals surface area (Å²) in [5.74, 6) is 0.950. The molecule has 0 aliphatic carbocycles. The van der Waals surface area contributed by atoms with E-state index in [0.717, 1.165) is 76.8 Å². The predicted octanol–water partition coefficient (Wildman–Crippen LogP) is 2.26. The molecule has 0 unspecified atom stereocenters. The SMILES string of the molecule is CN=C(NCCC1=CCOCC1)N1CCN(Cc2ccc(OC)c(F)c2)CC1. The lowest BCUT2D eigenvalue weighted by Crippen LogP contribution is -2.52. The van der Waals surface area contributed by atoms with Crippen LogP contribution in [-0.2, 0) is 11.3 Å². The summed E-state index contributed by atoms with van der Waals surface area (Å²) in [7, 11) is 3.32. The molecular formula is C21H31FN4O2. The fraction of sp³-hybridized carbons (Fsp3) is 0.571. The van der Waals surface area contributed by atoms with Gasteiger partial charge in [-0.2, -0.15) is 0 Å². The number of halogens is 1. The Morgan fingerprint density at radius 3 is 2.75 bits per heavy atom. The molecule has 0 aromatic heterocycles. The molecule has 6 nitrogen and oxygen atoms in total. The van der Waals surface area contributed by atoms with Gasteiger partial charge in [-0.15, -0.1) is 0 Å². The number of nitrogens with one attached hydrogen (secondary N) is 1. The number of guanidine groups is 1. The fourth-order valence-corrected chi connectivity index (χ4v) is 3.64. The van der Waals surface area contributed by atoms with Crippen molar-refractivity contribution >= 4 is 5.96 Å². The Labute approximate surface area is 167 Å². The van der Waals surface area contributed by atoms with Crippen molar-refractivity contribution in [1.29, 1.82) is 0 Å². The summed E-state index contributed by atoms with van der Waals surface area (Å²) in [6.45, 7) is 6.89. The number of rotatable bonds is 6. The number of piperazine rings is 1. The molecule has 3 rings (SSSR count). The minimum atomic E-state index is -0.303. The second kappa shape index (κ2) is 10.4. The average molecular weight is 391 g/mol. The first-order valence-electron chi connectivity index (χ1n) is 9.95. The molecule has 7 heteroatoms. The highest BCUT2D eigenvalue weighted by Gasteiger charge is 2.20. The monoisotopic (exact) mass is 390 g/mol. The Balaban J connectivity index is 1.43. The van der Waals surface area contributed by atoms with Crippen LogP contribution in [0.15, 0.2) is 34.8 Å². The van der Waals surface area contributed by atoms with Gasteiger partial charge in [0.15, 0.2) is 17.5 Å². The van der Waals surface area contributed by atoms with Crippen LogP contribution in [0.2, 0.25) is 0 Å². The summed E-state index contributed by atoms with van der Waals surface area (Å²) in [5, 5.41) is 3.48. The van der Waals surface area contributed by atoms with Gasteiger partial charge in [-0.3, -0.25) is 9.89 Å². The molecule has 2 aliphatic heterocycles. The molecule has 0 saturated carbocycles. The number of methoxy groups -OCH3 is 1. The zero-order valence-corrected chi connectivity index (χ0v) is 16.9. The summed E-state index contributed by atoms with van der Waals surface area (Å²) >= 11 is 0. The van der Waals surface area contributed by atoms with E-state index in [4.69, 9.17) is 9.47 Å². The molecule has 1 N–H and O–H groups in total. The Morgan fingerprint density at radius 1 is 1.29 bits per heavy atom. The minimum Gasteiger partial charge on any atom is -0.494 e. The number of aliphatic imine (C=N–C) groups is 1. The van der Waals surface area contributed by atoms with Crippen molar-refractivity contribution in [1.82, 2.24) is 15.1 Å². The van der Waals surface area contributed by atoms with E-state index in [2.05, 4.69) is 26.2 Å². The number of benzene rings is 1. The van der Waals surface area contributed by atoms with E-state index in [1.807, 2.05) is 13.1 Å². The van der Waals surface area contributed by atoms with Crippen LogP contribution >= 0.6 is 0 Å². The van der Waals surface area contributed by atoms with Crippen LogP contribution < -0.4 is 10.1 Å². The maximum Gasteiger partial charge on any atom is 0.193 e. The molecule has 2 heterocycles. The molecule has 0 radical (unpaired) electrons. The lowest BCUT2D eigenvalue weighted by atomic mass is 10.1. The number of ether oxygens (including phenoxy) is 2. The summed E-state index contributed by atoms with van der Waals surface area (Å²) < 4.78 is 24.2. The molecule has 2 aliphatic rings. The zero-order chi connectivity index (χ0) is 19.8. The van der Waals surface area contributed by atoms with E-state index in [0.29, 0.717) is 5.75 Å². The van der Waals surface area contributed by atoms with Crippen molar-refractivity contribution in [2.75, 3.05) is 60.1 Å². The zero-order valence-electron chi connectivity index (χ0n) is 16.9. The summed E-state index contributed by atoms with van der Waals surface area (Å²) in [6, 6.07) is 5.19. The second-order valence-electron chi connectivity index (χ2n) is 7.14. The number of hydrogen-bond acceptors (Lipinski definition) is 4. The van der Waals surface area contributed by atoms with Gasteiger partial charge in [0.1, 0.15) is 0 Å². The topological polar surface area (TPSA) is 49.3 Å². The number of hydrogen-bond donors (Lipinski definition) is 1. The molecule has 1 saturated heterocycles. The van der Waals surface area contributed by atoms with Gasteiger partial charge in [0.05, 0.1) is 20.3 Å². The van der Waals surface area contributed by atoms with Crippen molar-refractivity contribution in [3.63, 3.8) is 0 Å². The van der Waals surface area contributed by atoms with Gasteiger partial charge in [0.2, 0.25) is 0 Å². The third-order valence-corrected chi connectivity index (χ3v) is 5.29. The Hall–Kier alpha value is -2.12. The lowest BCUT2D eigenvalue weighted by molar-refractivity contribution is 0.153. The third-order valence-electron chi connectivity index (χ3n) is 5.29. The van der Waals surface area contributed by atoms with Crippen LogP contribution in [0.25, 0.3) is 0 Å². The van der Waals surface area contributed by atoms with Crippen molar-refractivity contribution in [2.45, 2.75) is 19.4 Å². The lowest BCUT2D eigenvalue weighted by Gasteiger charge is -2.36. The van der Waals surface area contributed by atoms with E-state index in [1.165, 1.54) is 12.7 Å². The molecule has 1 aromatic carbocycles. The van der Waals surface area contributed by atoms with Gasteiger partial charge in [-0.25, -0.2) is 4.39 Å². The van der Waals surface area contributed by atoms with Gasteiger partial charge in [-0.1, -0.05) is 17.7 Å². The van der Waals surface area contributed by atoms with Gasteiger partial charge in [0.25, 0.3) is 0 Å². The molecule has 0 atom stereocenters. The van der Waals surface area contributed by atoms with Crippen molar-refractivity contribution < 1.29 is 13.9 Å². The summed E-state index contributed by atoms with van der Waals surface area (Å²) in [4.78, 5) is 9.08. The first-order chi connectivity index (χ1) is 13.7. The van der Waals surface area contributed by atoms with Crippen LogP contribution in [-0.4, -0.2) is 75.9 Å². The molecule has 154 valence electrons. The van der Waals surface area contributed by atoms with Crippen LogP contribution in [0.3, 0.4) is 0 Å². The van der Waals surface area contributed by atoms with Gasteiger partial charge in [0, 0.05) is 46.3 Å². The van der Waals surface area contributed by atoms with Crippen LogP contribution in [0.5, 0.6) is 5.75 Å². The van der Waals surface area contributed by atoms with E-state index in [-0.39, 0.29) is 5.82 Å². The highest BCUT2D eigenvalue weighted by atomic mass is 19.1. The quantitative estimate of drug-likeness (QED) is 0.459. The predicted molar refractivity (Wildman–Crippen MR) is 109 cm³/mol. The van der Waals surface area contributed by atoms with Crippen LogP contribution in [0, 0.1) is 5.82 Å². The molecule has 0 amide bonds. The van der Waals surface area contributed by atoms with E-state index >= 15 is 0 Å². The molecule has 1 fully saturated rings. The van der Waals surface area contributed by atoms with Gasteiger partial charge >= 0.3 is 0 Å². The third kappa shape index (κ3) is 5.69. The highest BCUT2D eigenvalue weighted by molar-refractivity contribution is 5.80. The average Bonchev–Trinajstić information content (AvgIpc) is 2.73. The summed E-state index contributed by atoms with van der Waals surface area (Å²) in [5.41, 5.74) is 2.43. The number of nitrogens with zero attached hydrogens (tertiary/aromatic N) is 3. The Morgan fingerprint density at radius 2 is 2.11 bits per heavy atom. The largest absolute Gasteiger partial charge is 0.494 e. The molecule has 0 spiro atoms. The smallest absolute Gasteiger partial charge is 0.193 e. The molecule has 28 heavy (non-hydrogen) atoms. The van der Waals surface area contributed by atoms with Crippen LogP contribution in [0.4, 0.5) is 4.39 Å². The standard InChI is InChI=1S/C21H31FN4O2/c1-23-21(24-8-5-17-6-13-28-14-7-17)26-11-9-25(10-12-26)16-18-3-4-20(27-2)19(22)15-18/h3-4,6,15H,5,7-14,16H2,1-2H3,(H,23,24). The second-order valence-corrected chi connectivity index (χ2v) is 7.14. The van der Waals surface area contributed by atoms with E-state index in [9.17, 15) is 4.39 Å². The minimum absolute atomic E-state index is 0.292. The molecule has 0 bridgehead atoms. The van der Waals surface area contributed by atoms with Gasteiger partial charge in [-0.05, 0) is 30.5 Å². The van der Waals surface area contributed by atoms with E-state index < -0.39 is 0 Å². The van der Waals surface area contributed by atoms with Crippen molar-refractivity contribution in [2.24, 2.45) is 4.99 Å². The normalized spacial score (nSPS) is 18.8. The molecule has 1 aromatic rings. The van der Waals surface area contributed by atoms with Crippen molar-refractivity contribution in [3.8, 4) is 5.75 Å². The highest BCUT2D eigenvalue weighted by Crippen LogP contribution is 2.19. The first kappa shape index (κ1) is 20.6. The van der Waals surface area contributed by atoms with Crippen LogP contribution in [0.1, 0.15) is 18.4 Å². The summed E-state index contributed by atoms with van der Waals surface area (Å²) in [6.07, 6.45) is 4.25.